The molecular weight excluding hydrogens is 450 g/mol. The number of Topliss-reactive ketones (excluding diaryl/α,β-unsaturated/α-hetero) is 1. The number of nitrogens with zero attached hydrogens (tertiary/aromatic N) is 1. The van der Waals surface area contributed by atoms with Crippen molar-refractivity contribution in [1.82, 2.24) is 0 Å². The monoisotopic (exact) mass is 475 g/mol. The van der Waals surface area contributed by atoms with Crippen molar-refractivity contribution in [3.05, 3.63) is 138 Å². The van der Waals surface area contributed by atoms with E-state index < -0.39 is 35.0 Å². The first-order valence-electron chi connectivity index (χ1n) is 11.8. The molecule has 5 nitrogen and oxygen atoms in total. The van der Waals surface area contributed by atoms with E-state index in [-0.39, 0.29) is 0 Å². The van der Waals surface area contributed by atoms with Gasteiger partial charge in [0, 0.05) is 11.6 Å². The fraction of sp³-hybridized carbons (Fsp3) is 0.129. The summed E-state index contributed by atoms with van der Waals surface area (Å²) in [5.74, 6) is -3.99. The lowest BCUT2D eigenvalue weighted by Gasteiger charge is -2.39. The minimum atomic E-state index is -2.11. The highest BCUT2D eigenvalue weighted by atomic mass is 16.4. The second kappa shape index (κ2) is 9.27. The van der Waals surface area contributed by atoms with Crippen LogP contribution in [0, 0.1) is 12.3 Å². The molecule has 1 amide bonds. The minimum Gasteiger partial charge on any atom is -0.480 e. The van der Waals surface area contributed by atoms with E-state index in [0.29, 0.717) is 22.4 Å². The maximum absolute atomic E-state index is 14.1. The number of hydrogen-bond donors (Lipinski definition) is 1. The Kier molecular flexibility index (Phi) is 5.98. The SMILES string of the molecule is Cc1ccc(N2C(=O)C(=O)C(C(=O)O)(C(c3ccccc3)c3ccccc3)C2c2ccccc2)cc1. The molecule has 5 heteroatoms. The minimum absolute atomic E-state index is 0.482. The molecule has 5 rings (SSSR count). The molecule has 1 aliphatic rings. The third-order valence-electron chi connectivity index (χ3n) is 6.98. The maximum atomic E-state index is 14.1. The molecule has 1 N–H and O–H groups in total. The standard InChI is InChI=1S/C31H25NO4/c1-21-17-19-25(20-18-21)32-27(24-15-9-4-10-16-24)31(30(35)36,28(33)29(32)34)26(22-11-5-2-6-12-22)23-13-7-3-8-14-23/h2-20,26-27H,1H3,(H,35,36). The third-order valence-corrected chi connectivity index (χ3v) is 6.98. The number of anilines is 1. The van der Waals surface area contributed by atoms with Crippen LogP contribution in [-0.4, -0.2) is 22.8 Å². The van der Waals surface area contributed by atoms with E-state index in [2.05, 4.69) is 0 Å². The molecule has 2 atom stereocenters. The van der Waals surface area contributed by atoms with Crippen LogP contribution in [0.1, 0.15) is 34.2 Å². The van der Waals surface area contributed by atoms with Crippen molar-refractivity contribution in [2.45, 2.75) is 18.9 Å². The van der Waals surface area contributed by atoms with E-state index in [1.165, 1.54) is 4.90 Å². The van der Waals surface area contributed by atoms with Crippen LogP contribution in [0.2, 0.25) is 0 Å². The Morgan fingerprint density at radius 2 is 1.22 bits per heavy atom. The molecule has 4 aromatic rings. The normalized spacial score (nSPS) is 19.6. The number of carboxylic acids is 1. The Hall–Kier alpha value is -4.51. The fourth-order valence-corrected chi connectivity index (χ4v) is 5.39. The van der Waals surface area contributed by atoms with E-state index in [9.17, 15) is 19.5 Å². The van der Waals surface area contributed by atoms with Gasteiger partial charge in [-0.3, -0.25) is 19.3 Å². The summed E-state index contributed by atoms with van der Waals surface area (Å²) in [4.78, 5) is 42.7. The van der Waals surface area contributed by atoms with Gasteiger partial charge in [0.15, 0.2) is 5.41 Å². The Morgan fingerprint density at radius 1 is 0.750 bits per heavy atom. The van der Waals surface area contributed by atoms with Gasteiger partial charge in [-0.05, 0) is 35.7 Å². The van der Waals surface area contributed by atoms with Crippen LogP contribution in [0.4, 0.5) is 5.69 Å². The lowest BCUT2D eigenvalue weighted by molar-refractivity contribution is -0.157. The van der Waals surface area contributed by atoms with Crippen molar-refractivity contribution in [3.63, 3.8) is 0 Å². The van der Waals surface area contributed by atoms with Gasteiger partial charge in [0.2, 0.25) is 5.78 Å². The van der Waals surface area contributed by atoms with Crippen LogP contribution in [0.15, 0.2) is 115 Å². The van der Waals surface area contributed by atoms with Crippen LogP contribution < -0.4 is 4.90 Å². The topological polar surface area (TPSA) is 74.7 Å². The molecule has 0 aliphatic carbocycles. The van der Waals surface area contributed by atoms with Crippen molar-refractivity contribution in [3.8, 4) is 0 Å². The molecule has 1 saturated heterocycles. The van der Waals surface area contributed by atoms with Crippen LogP contribution >= 0.6 is 0 Å². The van der Waals surface area contributed by atoms with Gasteiger partial charge >= 0.3 is 5.97 Å². The van der Waals surface area contributed by atoms with Crippen LogP contribution in [-0.2, 0) is 14.4 Å². The summed E-state index contributed by atoms with van der Waals surface area (Å²) in [5.41, 5.74) is 1.25. The zero-order valence-electron chi connectivity index (χ0n) is 19.7. The predicted octanol–water partition coefficient (Wildman–Crippen LogP) is 5.56. The number of aliphatic carboxylic acids is 1. The largest absolute Gasteiger partial charge is 0.480 e. The lowest BCUT2D eigenvalue weighted by atomic mass is 9.62. The van der Waals surface area contributed by atoms with E-state index >= 15 is 0 Å². The van der Waals surface area contributed by atoms with Crippen molar-refractivity contribution in [1.29, 1.82) is 0 Å². The number of benzene rings is 4. The van der Waals surface area contributed by atoms with E-state index in [0.717, 1.165) is 5.56 Å². The zero-order chi connectivity index (χ0) is 25.3. The summed E-state index contributed by atoms with van der Waals surface area (Å²) in [7, 11) is 0. The van der Waals surface area contributed by atoms with Gasteiger partial charge in [-0.25, -0.2) is 0 Å². The number of rotatable bonds is 6. The number of ketones is 1. The van der Waals surface area contributed by atoms with Crippen LogP contribution in [0.3, 0.4) is 0 Å². The summed E-state index contributed by atoms with van der Waals surface area (Å²) in [5, 5.41) is 11.0. The molecule has 0 aromatic heterocycles. The van der Waals surface area contributed by atoms with Crippen molar-refractivity contribution in [2.24, 2.45) is 5.41 Å². The summed E-state index contributed by atoms with van der Waals surface area (Å²) < 4.78 is 0. The number of aryl methyl sites for hydroxylation is 1. The number of carbonyl (C=O) groups is 3. The average Bonchev–Trinajstić information content (AvgIpc) is 3.14. The second-order valence-electron chi connectivity index (χ2n) is 9.08. The molecule has 36 heavy (non-hydrogen) atoms. The van der Waals surface area contributed by atoms with E-state index in [1.807, 2.05) is 85.8 Å². The Bertz CT molecular complexity index is 1360. The Morgan fingerprint density at radius 3 is 1.69 bits per heavy atom. The summed E-state index contributed by atoms with van der Waals surface area (Å²) in [6.45, 7) is 1.93. The molecule has 4 aromatic carbocycles. The Labute approximate surface area is 209 Å². The maximum Gasteiger partial charge on any atom is 0.321 e. The van der Waals surface area contributed by atoms with Crippen molar-refractivity contribution >= 4 is 23.3 Å². The summed E-state index contributed by atoms with van der Waals surface area (Å²) >= 11 is 0. The highest BCUT2D eigenvalue weighted by Gasteiger charge is 2.69. The smallest absolute Gasteiger partial charge is 0.321 e. The summed E-state index contributed by atoms with van der Waals surface area (Å²) in [6.07, 6.45) is 0. The van der Waals surface area contributed by atoms with Crippen molar-refractivity contribution < 1.29 is 19.5 Å². The molecule has 0 bridgehead atoms. The fourth-order valence-electron chi connectivity index (χ4n) is 5.39. The molecule has 1 fully saturated rings. The first-order valence-corrected chi connectivity index (χ1v) is 11.8. The second-order valence-corrected chi connectivity index (χ2v) is 9.08. The molecular formula is C31H25NO4. The highest BCUT2D eigenvalue weighted by molar-refractivity contribution is 6.49. The molecule has 0 saturated carbocycles. The molecule has 0 spiro atoms. The molecule has 2 unspecified atom stereocenters. The van der Waals surface area contributed by atoms with Gasteiger partial charge < -0.3 is 5.11 Å². The number of amides is 1. The quantitative estimate of drug-likeness (QED) is 0.293. The zero-order valence-corrected chi connectivity index (χ0v) is 19.7. The van der Waals surface area contributed by atoms with E-state index in [4.69, 9.17) is 0 Å². The molecule has 1 aliphatic heterocycles. The molecule has 0 radical (unpaired) electrons. The van der Waals surface area contributed by atoms with Crippen LogP contribution in [0.5, 0.6) is 0 Å². The first-order chi connectivity index (χ1) is 17.5. The van der Waals surface area contributed by atoms with Crippen LogP contribution in [0.25, 0.3) is 0 Å². The number of hydrogen-bond acceptors (Lipinski definition) is 3. The Balaban J connectivity index is 1.86. The molecule has 1 heterocycles. The van der Waals surface area contributed by atoms with Gasteiger partial charge in [-0.2, -0.15) is 0 Å². The average molecular weight is 476 g/mol. The predicted molar refractivity (Wildman–Crippen MR) is 138 cm³/mol. The van der Waals surface area contributed by atoms with E-state index in [1.54, 1.807) is 36.4 Å². The van der Waals surface area contributed by atoms with Gasteiger partial charge in [0.1, 0.15) is 0 Å². The third kappa shape index (κ3) is 3.60. The first kappa shape index (κ1) is 23.2. The molecule has 178 valence electrons. The van der Waals surface area contributed by atoms with Gasteiger partial charge in [-0.15, -0.1) is 0 Å². The highest BCUT2D eigenvalue weighted by Crippen LogP contribution is 2.57. The van der Waals surface area contributed by atoms with Gasteiger partial charge in [0.05, 0.1) is 6.04 Å². The van der Waals surface area contributed by atoms with Crippen molar-refractivity contribution in [2.75, 3.05) is 4.90 Å². The van der Waals surface area contributed by atoms with Gasteiger partial charge in [-0.1, -0.05) is 109 Å². The number of carbonyl (C=O) groups excluding carboxylic acids is 2. The van der Waals surface area contributed by atoms with Gasteiger partial charge in [0.25, 0.3) is 5.91 Å². The lowest BCUT2D eigenvalue weighted by Crippen LogP contribution is -2.47. The number of carboxylic acid groups (broad SMARTS) is 1. The summed E-state index contributed by atoms with van der Waals surface area (Å²) in [6, 6.07) is 33.3.